The van der Waals surface area contributed by atoms with Gasteiger partial charge in [-0.1, -0.05) is 56.0 Å². The molecule has 5 heteroatoms. The summed E-state index contributed by atoms with van der Waals surface area (Å²) in [6.07, 6.45) is 7.61. The molecular formula is C23H33NO4. The molecule has 3 rings (SSSR count). The van der Waals surface area contributed by atoms with Crippen molar-refractivity contribution in [2.24, 2.45) is 11.3 Å². The van der Waals surface area contributed by atoms with Crippen LogP contribution in [0.15, 0.2) is 30.3 Å². The minimum Gasteiger partial charge on any atom is -0.481 e. The number of carboxylic acids is 1. The molecule has 2 atom stereocenters. The molecule has 2 aliphatic rings. The average Bonchev–Trinajstić information content (AvgIpc) is 2.99. The molecule has 0 radical (unpaired) electrons. The van der Waals surface area contributed by atoms with E-state index in [1.807, 2.05) is 30.3 Å². The summed E-state index contributed by atoms with van der Waals surface area (Å²) in [4.78, 5) is 27.0. The number of rotatable bonds is 6. The lowest BCUT2D eigenvalue weighted by Gasteiger charge is -2.44. The number of carbonyl (C=O) groups excluding carboxylic acids is 1. The van der Waals surface area contributed by atoms with Gasteiger partial charge in [0.1, 0.15) is 5.41 Å². The van der Waals surface area contributed by atoms with E-state index in [2.05, 4.69) is 0 Å². The van der Waals surface area contributed by atoms with Gasteiger partial charge in [0.15, 0.2) is 0 Å². The lowest BCUT2D eigenvalue weighted by molar-refractivity contribution is -0.168. The number of amides is 1. The molecule has 2 N–H and O–H groups in total. The number of aliphatic hydroxyl groups is 1. The van der Waals surface area contributed by atoms with E-state index in [0.29, 0.717) is 25.8 Å². The van der Waals surface area contributed by atoms with Gasteiger partial charge in [0, 0.05) is 19.0 Å². The fourth-order valence-corrected chi connectivity index (χ4v) is 4.87. The second kappa shape index (κ2) is 9.55. The van der Waals surface area contributed by atoms with Gasteiger partial charge < -0.3 is 15.1 Å². The molecule has 1 amide bonds. The summed E-state index contributed by atoms with van der Waals surface area (Å²) in [6, 6.07) is 9.99. The number of aliphatic hydroxyl groups excluding tert-OH is 1. The molecule has 0 aromatic heterocycles. The molecule has 1 saturated carbocycles. The van der Waals surface area contributed by atoms with Crippen LogP contribution in [-0.4, -0.2) is 46.2 Å². The standard InChI is InChI=1S/C23H33NO4/c25-20-14-16-24(21(26)19-12-6-1-2-7-13-19)17-23(20,22(27)28)15-8-11-18-9-4-3-5-10-18/h3-5,9-10,19-20,25H,1-2,6-8,11-17H2,(H,27,28)/t20-,23-/m1/s1. The maximum absolute atomic E-state index is 13.1. The van der Waals surface area contributed by atoms with Gasteiger partial charge in [-0.25, -0.2) is 0 Å². The Morgan fingerprint density at radius 1 is 1.04 bits per heavy atom. The monoisotopic (exact) mass is 387 g/mol. The molecular weight excluding hydrogens is 354 g/mol. The topological polar surface area (TPSA) is 77.8 Å². The first-order valence-corrected chi connectivity index (χ1v) is 10.8. The Kier molecular flexibility index (Phi) is 7.11. The van der Waals surface area contributed by atoms with Gasteiger partial charge >= 0.3 is 5.97 Å². The van der Waals surface area contributed by atoms with E-state index in [9.17, 15) is 19.8 Å². The number of benzene rings is 1. The highest BCUT2D eigenvalue weighted by Gasteiger charge is 2.50. The molecule has 1 aromatic carbocycles. The van der Waals surface area contributed by atoms with Gasteiger partial charge in [0.25, 0.3) is 0 Å². The fraction of sp³-hybridized carbons (Fsp3) is 0.652. The van der Waals surface area contributed by atoms with Crippen molar-refractivity contribution in [1.29, 1.82) is 0 Å². The molecule has 0 bridgehead atoms. The first-order valence-electron chi connectivity index (χ1n) is 10.8. The average molecular weight is 388 g/mol. The summed E-state index contributed by atoms with van der Waals surface area (Å²) in [7, 11) is 0. The van der Waals surface area contributed by atoms with Crippen molar-refractivity contribution in [1.82, 2.24) is 4.90 Å². The number of carbonyl (C=O) groups is 2. The van der Waals surface area contributed by atoms with Crippen LogP contribution in [0.2, 0.25) is 0 Å². The quantitative estimate of drug-likeness (QED) is 0.731. The van der Waals surface area contributed by atoms with Gasteiger partial charge in [0.05, 0.1) is 6.10 Å². The van der Waals surface area contributed by atoms with Crippen molar-refractivity contribution in [3.05, 3.63) is 35.9 Å². The second-order valence-electron chi connectivity index (χ2n) is 8.55. The normalized spacial score (nSPS) is 26.6. The van der Waals surface area contributed by atoms with E-state index in [1.54, 1.807) is 4.90 Å². The number of likely N-dealkylation sites (tertiary alicyclic amines) is 1. The summed E-state index contributed by atoms with van der Waals surface area (Å²) >= 11 is 0. The minimum atomic E-state index is -1.26. The number of carboxylic acid groups (broad SMARTS) is 1. The van der Waals surface area contributed by atoms with E-state index in [4.69, 9.17) is 0 Å². The lowest BCUT2D eigenvalue weighted by atomic mass is 9.73. The summed E-state index contributed by atoms with van der Waals surface area (Å²) in [6.45, 7) is 0.595. The number of hydrogen-bond donors (Lipinski definition) is 2. The van der Waals surface area contributed by atoms with Crippen molar-refractivity contribution >= 4 is 11.9 Å². The third-order valence-electron chi connectivity index (χ3n) is 6.66. The van der Waals surface area contributed by atoms with E-state index in [-0.39, 0.29) is 18.4 Å². The number of aliphatic carboxylic acids is 1. The van der Waals surface area contributed by atoms with Gasteiger partial charge in [0.2, 0.25) is 5.91 Å². The molecule has 28 heavy (non-hydrogen) atoms. The van der Waals surface area contributed by atoms with Crippen LogP contribution in [0.1, 0.15) is 63.4 Å². The molecule has 2 fully saturated rings. The van der Waals surface area contributed by atoms with Crippen LogP contribution in [0, 0.1) is 11.3 Å². The highest BCUT2D eigenvalue weighted by atomic mass is 16.4. The van der Waals surface area contributed by atoms with E-state index >= 15 is 0 Å². The molecule has 5 nitrogen and oxygen atoms in total. The number of aryl methyl sites for hydroxylation is 1. The van der Waals surface area contributed by atoms with Crippen molar-refractivity contribution in [3.8, 4) is 0 Å². The Hall–Kier alpha value is -1.88. The van der Waals surface area contributed by atoms with Gasteiger partial charge in [-0.2, -0.15) is 0 Å². The highest BCUT2D eigenvalue weighted by molar-refractivity contribution is 5.81. The Balaban J connectivity index is 1.67. The predicted octanol–water partition coefficient (Wildman–Crippen LogP) is 3.64. The minimum absolute atomic E-state index is 0.0218. The number of nitrogens with zero attached hydrogens (tertiary/aromatic N) is 1. The summed E-state index contributed by atoms with van der Waals surface area (Å²) in [5.74, 6) is -0.859. The van der Waals surface area contributed by atoms with Crippen LogP contribution in [0.5, 0.6) is 0 Å². The smallest absolute Gasteiger partial charge is 0.314 e. The Labute approximate surface area is 167 Å². The Bertz CT molecular complexity index is 654. The lowest BCUT2D eigenvalue weighted by Crippen LogP contribution is -2.58. The molecule has 1 aliphatic heterocycles. The molecule has 154 valence electrons. The number of piperidine rings is 1. The second-order valence-corrected chi connectivity index (χ2v) is 8.55. The third-order valence-corrected chi connectivity index (χ3v) is 6.66. The van der Waals surface area contributed by atoms with Gasteiger partial charge in [-0.15, -0.1) is 0 Å². The first-order chi connectivity index (χ1) is 13.5. The molecule has 1 aliphatic carbocycles. The summed E-state index contributed by atoms with van der Waals surface area (Å²) < 4.78 is 0. The fourth-order valence-electron chi connectivity index (χ4n) is 4.87. The Morgan fingerprint density at radius 2 is 1.71 bits per heavy atom. The maximum Gasteiger partial charge on any atom is 0.314 e. The van der Waals surface area contributed by atoms with Crippen molar-refractivity contribution in [2.75, 3.05) is 13.1 Å². The van der Waals surface area contributed by atoms with Gasteiger partial charge in [-0.05, 0) is 44.1 Å². The molecule has 0 unspecified atom stereocenters. The highest BCUT2D eigenvalue weighted by Crippen LogP contribution is 2.37. The maximum atomic E-state index is 13.1. The predicted molar refractivity (Wildman–Crippen MR) is 108 cm³/mol. The van der Waals surface area contributed by atoms with Crippen molar-refractivity contribution in [2.45, 2.75) is 70.3 Å². The van der Waals surface area contributed by atoms with Crippen molar-refractivity contribution < 1.29 is 19.8 Å². The molecule has 1 heterocycles. The zero-order chi connectivity index (χ0) is 20.0. The van der Waals surface area contributed by atoms with E-state index < -0.39 is 17.5 Å². The van der Waals surface area contributed by atoms with Crippen LogP contribution in [0.3, 0.4) is 0 Å². The third kappa shape index (κ3) is 4.75. The number of hydrogen-bond acceptors (Lipinski definition) is 3. The van der Waals surface area contributed by atoms with Gasteiger partial charge in [-0.3, -0.25) is 9.59 Å². The zero-order valence-electron chi connectivity index (χ0n) is 16.7. The summed E-state index contributed by atoms with van der Waals surface area (Å²) in [5.41, 5.74) is -0.0901. The van der Waals surface area contributed by atoms with Crippen LogP contribution < -0.4 is 0 Å². The SMILES string of the molecule is O=C(C1CCCCCC1)N1CC[C@@H](O)[C@](CCCc2ccccc2)(C(=O)O)C1. The van der Waals surface area contributed by atoms with Crippen LogP contribution >= 0.6 is 0 Å². The Morgan fingerprint density at radius 3 is 2.36 bits per heavy atom. The molecule has 1 saturated heterocycles. The zero-order valence-corrected chi connectivity index (χ0v) is 16.7. The van der Waals surface area contributed by atoms with Crippen LogP contribution in [0.25, 0.3) is 0 Å². The first kappa shape index (κ1) is 20.8. The largest absolute Gasteiger partial charge is 0.481 e. The van der Waals surface area contributed by atoms with Crippen LogP contribution in [0.4, 0.5) is 0 Å². The van der Waals surface area contributed by atoms with E-state index in [0.717, 1.165) is 32.1 Å². The summed E-state index contributed by atoms with van der Waals surface area (Å²) in [5, 5.41) is 20.6. The molecule has 0 spiro atoms. The van der Waals surface area contributed by atoms with E-state index in [1.165, 1.54) is 18.4 Å². The van der Waals surface area contributed by atoms with Crippen LogP contribution in [-0.2, 0) is 16.0 Å². The van der Waals surface area contributed by atoms with Crippen molar-refractivity contribution in [3.63, 3.8) is 0 Å². The molecule has 1 aromatic rings.